The normalized spacial score (nSPS) is 17.5. The third kappa shape index (κ3) is 5.64. The predicted molar refractivity (Wildman–Crippen MR) is 142 cm³/mol. The highest BCUT2D eigenvalue weighted by molar-refractivity contribution is 5.95. The predicted octanol–water partition coefficient (Wildman–Crippen LogP) is 6.03. The van der Waals surface area contributed by atoms with Crippen molar-refractivity contribution in [1.82, 2.24) is 9.55 Å². The molecule has 4 aromatic rings. The van der Waals surface area contributed by atoms with Crippen molar-refractivity contribution in [3.8, 4) is 17.5 Å². The molecule has 1 fully saturated rings. The molecule has 1 aliphatic carbocycles. The average Bonchev–Trinajstić information content (AvgIpc) is 3.47. The van der Waals surface area contributed by atoms with Crippen LogP contribution in [0.2, 0.25) is 0 Å². The van der Waals surface area contributed by atoms with Crippen molar-refractivity contribution < 1.29 is 23.8 Å². The molecule has 196 valence electrons. The Kier molecular flexibility index (Phi) is 7.59. The van der Waals surface area contributed by atoms with Gasteiger partial charge in [0.05, 0.1) is 37.1 Å². The summed E-state index contributed by atoms with van der Waals surface area (Å²) in [6, 6.07) is 17.0. The van der Waals surface area contributed by atoms with Crippen LogP contribution in [0.4, 0.5) is 0 Å². The highest BCUT2D eigenvalue weighted by Gasteiger charge is 2.24. The SMILES string of the molecule is Cc1cccc(-c2nc(CO[C@H]3CCC[C@@H](OCCn4c(C(=O)O)cc5cc(C#N)ccc54)C3)c(C)o2)c1. The summed E-state index contributed by atoms with van der Waals surface area (Å²) in [6.45, 7) is 5.15. The van der Waals surface area contributed by atoms with Crippen molar-refractivity contribution in [2.24, 2.45) is 0 Å². The smallest absolute Gasteiger partial charge is 0.352 e. The van der Waals surface area contributed by atoms with Gasteiger partial charge in [-0.25, -0.2) is 9.78 Å². The molecule has 5 rings (SSSR count). The molecule has 0 amide bonds. The van der Waals surface area contributed by atoms with Gasteiger partial charge in [0.2, 0.25) is 5.89 Å². The van der Waals surface area contributed by atoms with Gasteiger partial charge in [-0.3, -0.25) is 0 Å². The van der Waals surface area contributed by atoms with E-state index in [2.05, 4.69) is 17.1 Å². The van der Waals surface area contributed by atoms with Crippen LogP contribution in [0, 0.1) is 25.2 Å². The fraction of sp³-hybridized carbons (Fsp3) is 0.367. The van der Waals surface area contributed by atoms with E-state index in [1.54, 1.807) is 28.8 Å². The first-order chi connectivity index (χ1) is 18.4. The first-order valence-electron chi connectivity index (χ1n) is 12.9. The van der Waals surface area contributed by atoms with Gasteiger partial charge in [0.15, 0.2) is 0 Å². The molecule has 8 nitrogen and oxygen atoms in total. The van der Waals surface area contributed by atoms with Gasteiger partial charge in [-0.05, 0) is 75.9 Å². The number of carboxylic acids is 1. The number of oxazole rings is 1. The Balaban J connectivity index is 1.16. The summed E-state index contributed by atoms with van der Waals surface area (Å²) in [5.74, 6) is 0.372. The molecular formula is C30H31N3O5. The summed E-state index contributed by atoms with van der Waals surface area (Å²) in [5, 5.41) is 19.6. The minimum Gasteiger partial charge on any atom is -0.477 e. The largest absolute Gasteiger partial charge is 0.477 e. The van der Waals surface area contributed by atoms with Crippen LogP contribution < -0.4 is 0 Å². The number of rotatable bonds is 9. The Morgan fingerprint density at radius 3 is 2.74 bits per heavy atom. The average molecular weight is 514 g/mol. The van der Waals surface area contributed by atoms with Crippen LogP contribution in [0.3, 0.4) is 0 Å². The molecule has 2 aromatic heterocycles. The molecule has 2 heterocycles. The van der Waals surface area contributed by atoms with E-state index >= 15 is 0 Å². The second kappa shape index (κ2) is 11.2. The molecule has 2 aromatic carbocycles. The number of carboxylic acid groups (broad SMARTS) is 1. The number of aromatic carboxylic acids is 1. The van der Waals surface area contributed by atoms with E-state index < -0.39 is 5.97 Å². The fourth-order valence-electron chi connectivity index (χ4n) is 5.13. The van der Waals surface area contributed by atoms with Crippen LogP contribution in [-0.4, -0.2) is 39.4 Å². The van der Waals surface area contributed by atoms with Gasteiger partial charge in [-0.1, -0.05) is 17.7 Å². The zero-order chi connectivity index (χ0) is 26.6. The summed E-state index contributed by atoms with van der Waals surface area (Å²) in [6.07, 6.45) is 3.82. The van der Waals surface area contributed by atoms with Gasteiger partial charge in [-0.2, -0.15) is 5.26 Å². The number of aromatic nitrogens is 2. The van der Waals surface area contributed by atoms with E-state index in [4.69, 9.17) is 19.2 Å². The van der Waals surface area contributed by atoms with E-state index in [0.29, 0.717) is 31.2 Å². The number of benzene rings is 2. The molecule has 0 unspecified atom stereocenters. The number of nitrogens with zero attached hydrogens (tertiary/aromatic N) is 3. The van der Waals surface area contributed by atoms with Gasteiger partial charge in [-0.15, -0.1) is 0 Å². The maximum Gasteiger partial charge on any atom is 0.352 e. The summed E-state index contributed by atoms with van der Waals surface area (Å²) >= 11 is 0. The maximum atomic E-state index is 11.8. The van der Waals surface area contributed by atoms with Gasteiger partial charge in [0.25, 0.3) is 0 Å². The number of nitriles is 1. The van der Waals surface area contributed by atoms with Crippen molar-refractivity contribution in [1.29, 1.82) is 5.26 Å². The van der Waals surface area contributed by atoms with Gasteiger partial charge < -0.3 is 23.6 Å². The molecule has 2 atom stereocenters. The standard InChI is InChI=1S/C30H31N3O5/c1-19-5-3-6-22(13-19)29-32-26(20(2)38-29)18-37-25-8-4-7-24(16-25)36-12-11-33-27-10-9-21(17-31)14-23(27)15-28(33)30(34)35/h3,5-6,9-10,13-15,24-25H,4,7-8,11-12,16,18H2,1-2H3,(H,34,35)/t24-,25+/m1/s1. The topological polar surface area (TPSA) is 111 Å². The van der Waals surface area contributed by atoms with E-state index in [1.165, 1.54) is 0 Å². The molecular weight excluding hydrogens is 482 g/mol. The Hall–Kier alpha value is -3.93. The van der Waals surface area contributed by atoms with Crippen molar-refractivity contribution in [2.45, 2.75) is 64.9 Å². The van der Waals surface area contributed by atoms with Crippen molar-refractivity contribution >= 4 is 16.9 Å². The summed E-state index contributed by atoms with van der Waals surface area (Å²) in [4.78, 5) is 16.5. The lowest BCUT2D eigenvalue weighted by atomic mass is 9.95. The zero-order valence-corrected chi connectivity index (χ0v) is 21.6. The van der Waals surface area contributed by atoms with Gasteiger partial charge in [0, 0.05) is 23.0 Å². The van der Waals surface area contributed by atoms with Crippen LogP contribution in [0.5, 0.6) is 0 Å². The van der Waals surface area contributed by atoms with Gasteiger partial charge >= 0.3 is 5.97 Å². The molecule has 1 aliphatic rings. The number of hydrogen-bond donors (Lipinski definition) is 1. The first kappa shape index (κ1) is 25.7. The molecule has 0 saturated heterocycles. The molecule has 0 bridgehead atoms. The molecule has 0 spiro atoms. The third-order valence-electron chi connectivity index (χ3n) is 7.11. The highest BCUT2D eigenvalue weighted by Crippen LogP contribution is 2.27. The summed E-state index contributed by atoms with van der Waals surface area (Å²) in [7, 11) is 0. The number of fused-ring (bicyclic) bond motifs is 1. The number of aryl methyl sites for hydroxylation is 2. The van der Waals surface area contributed by atoms with Crippen LogP contribution in [0.15, 0.2) is 52.9 Å². The number of hydrogen-bond acceptors (Lipinski definition) is 6. The van der Waals surface area contributed by atoms with Crippen molar-refractivity contribution in [2.75, 3.05) is 6.61 Å². The first-order valence-corrected chi connectivity index (χ1v) is 12.9. The van der Waals surface area contributed by atoms with Crippen LogP contribution >= 0.6 is 0 Å². The maximum absolute atomic E-state index is 11.8. The van der Waals surface area contributed by atoms with Crippen molar-refractivity contribution in [3.05, 3.63) is 76.8 Å². The molecule has 0 radical (unpaired) electrons. The second-order valence-corrected chi connectivity index (χ2v) is 9.86. The number of carbonyl (C=O) groups is 1. The fourth-order valence-corrected chi connectivity index (χ4v) is 5.13. The van der Waals surface area contributed by atoms with Gasteiger partial charge in [0.1, 0.15) is 17.1 Å². The van der Waals surface area contributed by atoms with E-state index in [0.717, 1.165) is 59.2 Å². The monoisotopic (exact) mass is 513 g/mol. The molecule has 38 heavy (non-hydrogen) atoms. The lowest BCUT2D eigenvalue weighted by Crippen LogP contribution is -2.29. The minimum atomic E-state index is -1.00. The van der Waals surface area contributed by atoms with E-state index in [9.17, 15) is 9.90 Å². The van der Waals surface area contributed by atoms with Crippen molar-refractivity contribution in [3.63, 3.8) is 0 Å². The van der Waals surface area contributed by atoms with E-state index in [1.807, 2.05) is 32.0 Å². The molecule has 8 heteroatoms. The van der Waals surface area contributed by atoms with E-state index in [-0.39, 0.29) is 17.9 Å². The third-order valence-corrected chi connectivity index (χ3v) is 7.11. The minimum absolute atomic E-state index is 0.0512. The molecule has 0 aliphatic heterocycles. The van der Waals surface area contributed by atoms with Crippen LogP contribution in [-0.2, 0) is 22.6 Å². The Morgan fingerprint density at radius 1 is 1.16 bits per heavy atom. The molecule has 1 saturated carbocycles. The molecule has 1 N–H and O–H groups in total. The lowest BCUT2D eigenvalue weighted by molar-refractivity contribution is -0.0523. The highest BCUT2D eigenvalue weighted by atomic mass is 16.5. The van der Waals surface area contributed by atoms with Crippen LogP contribution in [0.1, 0.15) is 58.8 Å². The zero-order valence-electron chi connectivity index (χ0n) is 21.6. The Labute approximate surface area is 221 Å². The summed E-state index contributed by atoms with van der Waals surface area (Å²) < 4.78 is 20.1. The summed E-state index contributed by atoms with van der Waals surface area (Å²) in [5.41, 5.74) is 4.40. The second-order valence-electron chi connectivity index (χ2n) is 9.86. The lowest BCUT2D eigenvalue weighted by Gasteiger charge is -2.29. The Bertz CT molecular complexity index is 1500. The Morgan fingerprint density at radius 2 is 1.97 bits per heavy atom. The quantitative estimate of drug-likeness (QED) is 0.291. The van der Waals surface area contributed by atoms with Crippen LogP contribution in [0.25, 0.3) is 22.4 Å². The number of ether oxygens (including phenoxy) is 2.